The second-order valence-electron chi connectivity index (χ2n) is 5.27. The minimum Gasteiger partial charge on any atom is -0.475 e. The topological polar surface area (TPSA) is 124 Å². The summed E-state index contributed by atoms with van der Waals surface area (Å²) in [5.74, 6) is -0.347. The predicted molar refractivity (Wildman–Crippen MR) is 81.0 cm³/mol. The highest BCUT2D eigenvalue weighted by Crippen LogP contribution is 2.20. The van der Waals surface area contributed by atoms with Crippen LogP contribution in [0.3, 0.4) is 0 Å². The Morgan fingerprint density at radius 2 is 2.13 bits per heavy atom. The van der Waals surface area contributed by atoms with Crippen LogP contribution in [0.2, 0.25) is 0 Å². The SMILES string of the molecule is CC(C)n1cnc2c(NCc3nc(C(=O)O)nn3C)ncnc21. The molecule has 0 aliphatic rings. The molecule has 2 N–H and O–H groups in total. The number of imidazole rings is 1. The van der Waals surface area contributed by atoms with E-state index >= 15 is 0 Å². The minimum atomic E-state index is -1.16. The Bertz CT molecular complexity index is 866. The van der Waals surface area contributed by atoms with Gasteiger partial charge in [-0.1, -0.05) is 0 Å². The Morgan fingerprint density at radius 3 is 2.78 bits per heavy atom. The maximum Gasteiger partial charge on any atom is 0.375 e. The second-order valence-corrected chi connectivity index (χ2v) is 5.27. The van der Waals surface area contributed by atoms with E-state index in [9.17, 15) is 4.79 Å². The summed E-state index contributed by atoms with van der Waals surface area (Å²) in [6.07, 6.45) is 3.19. The van der Waals surface area contributed by atoms with Crippen molar-refractivity contribution in [3.63, 3.8) is 0 Å². The molecule has 23 heavy (non-hydrogen) atoms. The predicted octanol–water partition coefficient (Wildman–Crippen LogP) is 0.846. The number of aromatic carboxylic acids is 1. The monoisotopic (exact) mass is 316 g/mol. The molecule has 3 aromatic heterocycles. The van der Waals surface area contributed by atoms with Crippen LogP contribution in [0.5, 0.6) is 0 Å². The number of rotatable bonds is 5. The lowest BCUT2D eigenvalue weighted by Crippen LogP contribution is -2.08. The molecule has 0 aliphatic carbocycles. The third kappa shape index (κ3) is 2.70. The van der Waals surface area contributed by atoms with Crippen LogP contribution < -0.4 is 5.32 Å². The van der Waals surface area contributed by atoms with E-state index < -0.39 is 5.97 Å². The number of hydrogen-bond donors (Lipinski definition) is 2. The van der Waals surface area contributed by atoms with Gasteiger partial charge in [-0.15, -0.1) is 5.10 Å². The molecule has 0 fully saturated rings. The number of carboxylic acids is 1. The zero-order valence-electron chi connectivity index (χ0n) is 12.9. The molecular weight excluding hydrogens is 300 g/mol. The molecule has 10 heteroatoms. The summed E-state index contributed by atoms with van der Waals surface area (Å²) >= 11 is 0. The summed E-state index contributed by atoms with van der Waals surface area (Å²) in [6.45, 7) is 4.37. The Balaban J connectivity index is 1.86. The van der Waals surface area contributed by atoms with Gasteiger partial charge in [0.15, 0.2) is 11.5 Å². The highest BCUT2D eigenvalue weighted by Gasteiger charge is 2.15. The van der Waals surface area contributed by atoms with Crippen LogP contribution in [-0.4, -0.2) is 45.4 Å². The average Bonchev–Trinajstić information content (AvgIpc) is 3.09. The van der Waals surface area contributed by atoms with Crippen LogP contribution in [0, 0.1) is 0 Å². The highest BCUT2D eigenvalue weighted by molar-refractivity contribution is 5.83. The summed E-state index contributed by atoms with van der Waals surface area (Å²) in [4.78, 5) is 27.7. The van der Waals surface area contributed by atoms with Gasteiger partial charge in [-0.3, -0.25) is 4.68 Å². The van der Waals surface area contributed by atoms with E-state index in [1.165, 1.54) is 11.0 Å². The fourth-order valence-electron chi connectivity index (χ4n) is 2.18. The van der Waals surface area contributed by atoms with E-state index in [4.69, 9.17) is 5.11 Å². The summed E-state index contributed by atoms with van der Waals surface area (Å²) in [6, 6.07) is 0.236. The van der Waals surface area contributed by atoms with Gasteiger partial charge in [-0.25, -0.2) is 24.7 Å². The van der Waals surface area contributed by atoms with Gasteiger partial charge in [0.25, 0.3) is 5.82 Å². The lowest BCUT2D eigenvalue weighted by atomic mass is 10.4. The van der Waals surface area contributed by atoms with Crippen molar-refractivity contribution in [2.24, 2.45) is 7.05 Å². The smallest absolute Gasteiger partial charge is 0.375 e. The van der Waals surface area contributed by atoms with Crippen molar-refractivity contribution in [2.75, 3.05) is 5.32 Å². The van der Waals surface area contributed by atoms with E-state index in [1.807, 2.05) is 18.4 Å². The lowest BCUT2D eigenvalue weighted by molar-refractivity contribution is 0.0683. The Morgan fingerprint density at radius 1 is 1.35 bits per heavy atom. The van der Waals surface area contributed by atoms with Crippen molar-refractivity contribution in [3.05, 3.63) is 24.3 Å². The van der Waals surface area contributed by atoms with Gasteiger partial charge in [0, 0.05) is 13.1 Å². The lowest BCUT2D eigenvalue weighted by Gasteiger charge is -2.08. The number of aromatic nitrogens is 7. The molecule has 0 radical (unpaired) electrons. The maximum atomic E-state index is 10.9. The molecule has 0 aliphatic heterocycles. The van der Waals surface area contributed by atoms with Gasteiger partial charge in [0.05, 0.1) is 12.9 Å². The second kappa shape index (κ2) is 5.63. The average molecular weight is 316 g/mol. The van der Waals surface area contributed by atoms with Crippen LogP contribution in [0.15, 0.2) is 12.7 Å². The zero-order chi connectivity index (χ0) is 16.6. The fourth-order valence-corrected chi connectivity index (χ4v) is 2.18. The number of fused-ring (bicyclic) bond motifs is 1. The number of hydrogen-bond acceptors (Lipinski definition) is 7. The van der Waals surface area contributed by atoms with E-state index in [0.717, 1.165) is 5.65 Å². The van der Waals surface area contributed by atoms with Gasteiger partial charge >= 0.3 is 5.97 Å². The molecule has 120 valence electrons. The number of aryl methyl sites for hydroxylation is 1. The molecule has 0 saturated carbocycles. The van der Waals surface area contributed by atoms with Gasteiger partial charge in [0.2, 0.25) is 0 Å². The first-order valence-electron chi connectivity index (χ1n) is 7.02. The number of nitrogens with one attached hydrogen (secondary N) is 1. The molecule has 0 atom stereocenters. The quantitative estimate of drug-likeness (QED) is 0.710. The number of nitrogens with zero attached hydrogens (tertiary/aromatic N) is 7. The third-order valence-electron chi connectivity index (χ3n) is 3.37. The molecule has 3 heterocycles. The number of carbonyl (C=O) groups is 1. The number of carboxylic acid groups (broad SMARTS) is 1. The molecule has 3 rings (SSSR count). The van der Waals surface area contributed by atoms with E-state index in [0.29, 0.717) is 17.2 Å². The van der Waals surface area contributed by atoms with Crippen LogP contribution >= 0.6 is 0 Å². The van der Waals surface area contributed by atoms with Crippen molar-refractivity contribution in [1.82, 2.24) is 34.3 Å². The van der Waals surface area contributed by atoms with Crippen LogP contribution in [0.25, 0.3) is 11.2 Å². The number of anilines is 1. The molecule has 10 nitrogen and oxygen atoms in total. The van der Waals surface area contributed by atoms with Gasteiger partial charge in [-0.05, 0) is 13.8 Å². The third-order valence-corrected chi connectivity index (χ3v) is 3.37. The van der Waals surface area contributed by atoms with Gasteiger partial charge in [-0.2, -0.15) is 0 Å². The van der Waals surface area contributed by atoms with Gasteiger partial charge < -0.3 is 15.0 Å². The van der Waals surface area contributed by atoms with Crippen LogP contribution in [0.1, 0.15) is 36.3 Å². The molecule has 0 unspecified atom stereocenters. The Kier molecular flexibility index (Phi) is 3.64. The molecule has 0 saturated heterocycles. The first kappa shape index (κ1) is 14.9. The van der Waals surface area contributed by atoms with Crippen molar-refractivity contribution >= 4 is 23.0 Å². The van der Waals surface area contributed by atoms with E-state index in [1.54, 1.807) is 13.4 Å². The molecule has 0 bridgehead atoms. The largest absolute Gasteiger partial charge is 0.475 e. The molecule has 0 aromatic carbocycles. The van der Waals surface area contributed by atoms with E-state index in [-0.39, 0.29) is 18.4 Å². The normalized spacial score (nSPS) is 11.3. The Hall–Kier alpha value is -3.04. The van der Waals surface area contributed by atoms with Crippen molar-refractivity contribution in [1.29, 1.82) is 0 Å². The fraction of sp³-hybridized carbons (Fsp3) is 0.385. The molecule has 3 aromatic rings. The highest BCUT2D eigenvalue weighted by atomic mass is 16.4. The van der Waals surface area contributed by atoms with Crippen LogP contribution in [0.4, 0.5) is 5.82 Å². The maximum absolute atomic E-state index is 10.9. The first-order chi connectivity index (χ1) is 11.0. The van der Waals surface area contributed by atoms with Crippen molar-refractivity contribution in [3.8, 4) is 0 Å². The van der Waals surface area contributed by atoms with Crippen LogP contribution in [-0.2, 0) is 13.6 Å². The summed E-state index contributed by atoms with van der Waals surface area (Å²) < 4.78 is 3.37. The van der Waals surface area contributed by atoms with E-state index in [2.05, 4.69) is 30.4 Å². The van der Waals surface area contributed by atoms with Crippen molar-refractivity contribution < 1.29 is 9.90 Å². The Labute approximate surface area is 131 Å². The zero-order valence-corrected chi connectivity index (χ0v) is 12.9. The van der Waals surface area contributed by atoms with Gasteiger partial charge in [0.1, 0.15) is 17.7 Å². The molecule has 0 spiro atoms. The standard InChI is InChI=1S/C13H16N8O2/c1-7(2)21-6-17-9-10(15-5-16-12(9)21)14-4-8-18-11(13(22)23)19-20(8)3/h5-7H,4H2,1-3H3,(H,22,23)(H,14,15,16). The molecule has 0 amide bonds. The summed E-state index contributed by atoms with van der Waals surface area (Å²) in [5, 5.41) is 15.8. The van der Waals surface area contributed by atoms with Crippen molar-refractivity contribution in [2.45, 2.75) is 26.4 Å². The molecular formula is C13H16N8O2. The minimum absolute atomic E-state index is 0.235. The first-order valence-corrected chi connectivity index (χ1v) is 7.02. The summed E-state index contributed by atoms with van der Waals surface area (Å²) in [7, 11) is 1.64. The summed E-state index contributed by atoms with van der Waals surface area (Å²) in [5.41, 5.74) is 1.39.